The monoisotopic (exact) mass is 268 g/mol. The van der Waals surface area contributed by atoms with E-state index in [1.807, 2.05) is 6.92 Å². The number of anilines is 1. The average molecular weight is 268 g/mol. The summed E-state index contributed by atoms with van der Waals surface area (Å²) < 4.78 is 28.0. The van der Waals surface area contributed by atoms with Gasteiger partial charge in [0.1, 0.15) is 17.9 Å². The molecule has 2 aromatic rings. The lowest BCUT2D eigenvalue weighted by Crippen LogP contribution is -2.28. The highest BCUT2D eigenvalue weighted by Crippen LogP contribution is 2.21. The number of benzene rings is 1. The Morgan fingerprint density at radius 2 is 2.21 bits per heavy atom. The summed E-state index contributed by atoms with van der Waals surface area (Å²) in [5.74, 6) is -1.83. The number of hydrogen-bond donors (Lipinski definition) is 2. The minimum absolute atomic E-state index is 0.0221. The van der Waals surface area contributed by atoms with Crippen LogP contribution in [-0.4, -0.2) is 22.0 Å². The van der Waals surface area contributed by atoms with E-state index in [0.29, 0.717) is 6.54 Å². The van der Waals surface area contributed by atoms with Crippen LogP contribution in [0.3, 0.4) is 0 Å². The lowest BCUT2D eigenvalue weighted by molar-refractivity contribution is -0.121. The zero-order valence-corrected chi connectivity index (χ0v) is 10.4. The van der Waals surface area contributed by atoms with Crippen LogP contribution < -0.4 is 11.1 Å². The third-order valence-corrected chi connectivity index (χ3v) is 2.68. The van der Waals surface area contributed by atoms with Crippen LogP contribution >= 0.6 is 0 Å². The molecule has 0 aliphatic rings. The second-order valence-corrected chi connectivity index (χ2v) is 4.16. The Kier molecular flexibility index (Phi) is 3.64. The molecule has 0 atom stereocenters. The van der Waals surface area contributed by atoms with Crippen LogP contribution in [0.1, 0.15) is 13.3 Å². The molecule has 0 aliphatic carbocycles. The zero-order valence-electron chi connectivity index (χ0n) is 10.4. The predicted octanol–water partition coefficient (Wildman–Crippen LogP) is 1.42. The van der Waals surface area contributed by atoms with Gasteiger partial charge in [0.05, 0.1) is 5.52 Å². The summed E-state index contributed by atoms with van der Waals surface area (Å²) in [6, 6.07) is 1.84. The summed E-state index contributed by atoms with van der Waals surface area (Å²) in [6.45, 7) is 2.34. The van der Waals surface area contributed by atoms with Gasteiger partial charge >= 0.3 is 0 Å². The second kappa shape index (κ2) is 5.21. The number of rotatable bonds is 4. The van der Waals surface area contributed by atoms with Gasteiger partial charge in [-0.25, -0.2) is 13.8 Å². The molecule has 0 radical (unpaired) electrons. The molecule has 1 aromatic carbocycles. The van der Waals surface area contributed by atoms with E-state index in [1.54, 1.807) is 0 Å². The van der Waals surface area contributed by atoms with Crippen molar-refractivity contribution in [2.45, 2.75) is 19.9 Å². The normalized spacial score (nSPS) is 10.9. The molecule has 1 heterocycles. The van der Waals surface area contributed by atoms with E-state index in [-0.39, 0.29) is 29.4 Å². The lowest BCUT2D eigenvalue weighted by atomic mass is 10.3. The zero-order chi connectivity index (χ0) is 14.0. The molecule has 0 unspecified atom stereocenters. The number of nitrogens with two attached hydrogens (primary N) is 1. The first kappa shape index (κ1) is 13.3. The fourth-order valence-corrected chi connectivity index (χ4v) is 1.80. The summed E-state index contributed by atoms with van der Waals surface area (Å²) in [7, 11) is 0. The number of nitrogen functional groups attached to an aromatic ring is 1. The number of imidazole rings is 1. The maximum absolute atomic E-state index is 13.5. The molecular formula is C12H14F2N4O. The number of nitrogens with zero attached hydrogens (tertiary/aromatic N) is 2. The van der Waals surface area contributed by atoms with Crippen molar-refractivity contribution < 1.29 is 13.6 Å². The van der Waals surface area contributed by atoms with Gasteiger partial charge in [0, 0.05) is 18.7 Å². The van der Waals surface area contributed by atoms with Gasteiger partial charge in [-0.15, -0.1) is 0 Å². The van der Waals surface area contributed by atoms with Crippen LogP contribution in [0.15, 0.2) is 12.1 Å². The number of hydrogen-bond acceptors (Lipinski definition) is 3. The van der Waals surface area contributed by atoms with Crippen molar-refractivity contribution >= 4 is 22.9 Å². The number of carbonyl (C=O) groups is 1. The molecule has 0 bridgehead atoms. The quantitative estimate of drug-likeness (QED) is 0.880. The van der Waals surface area contributed by atoms with E-state index in [0.717, 1.165) is 18.6 Å². The van der Waals surface area contributed by atoms with Crippen molar-refractivity contribution in [3.05, 3.63) is 23.8 Å². The first-order valence-electron chi connectivity index (χ1n) is 5.90. The SMILES string of the molecule is CCCNC(=O)Cn1c(N)nc2c(F)cc(F)cc21. The number of amides is 1. The minimum atomic E-state index is -0.797. The Balaban J connectivity index is 2.37. The van der Waals surface area contributed by atoms with Gasteiger partial charge < -0.3 is 15.6 Å². The second-order valence-electron chi connectivity index (χ2n) is 4.16. The van der Waals surface area contributed by atoms with Crippen molar-refractivity contribution in [3.8, 4) is 0 Å². The summed E-state index contributed by atoms with van der Waals surface area (Å²) in [6.07, 6.45) is 0.801. The molecule has 0 saturated carbocycles. The molecule has 19 heavy (non-hydrogen) atoms. The molecule has 0 saturated heterocycles. The van der Waals surface area contributed by atoms with Crippen LogP contribution in [0.25, 0.3) is 11.0 Å². The summed E-state index contributed by atoms with van der Waals surface area (Å²) >= 11 is 0. The van der Waals surface area contributed by atoms with Crippen LogP contribution in [0, 0.1) is 11.6 Å². The molecule has 2 rings (SSSR count). The Morgan fingerprint density at radius 1 is 1.47 bits per heavy atom. The van der Waals surface area contributed by atoms with Gasteiger partial charge in [-0.05, 0) is 6.42 Å². The van der Waals surface area contributed by atoms with Crippen LogP contribution in [-0.2, 0) is 11.3 Å². The van der Waals surface area contributed by atoms with Gasteiger partial charge in [0.25, 0.3) is 0 Å². The van der Waals surface area contributed by atoms with E-state index >= 15 is 0 Å². The number of aromatic nitrogens is 2. The van der Waals surface area contributed by atoms with Crippen LogP contribution in [0.2, 0.25) is 0 Å². The molecule has 1 aromatic heterocycles. The number of nitrogens with one attached hydrogen (secondary N) is 1. The predicted molar refractivity (Wildman–Crippen MR) is 67.4 cm³/mol. The fourth-order valence-electron chi connectivity index (χ4n) is 1.80. The van der Waals surface area contributed by atoms with Gasteiger partial charge in [-0.2, -0.15) is 0 Å². The van der Waals surface area contributed by atoms with Crippen molar-refractivity contribution in [2.24, 2.45) is 0 Å². The third kappa shape index (κ3) is 2.64. The van der Waals surface area contributed by atoms with E-state index in [4.69, 9.17) is 5.73 Å². The number of halogens is 2. The lowest BCUT2D eigenvalue weighted by Gasteiger charge is -2.07. The van der Waals surface area contributed by atoms with Crippen LogP contribution in [0.4, 0.5) is 14.7 Å². The number of fused-ring (bicyclic) bond motifs is 1. The highest BCUT2D eigenvalue weighted by molar-refractivity contribution is 5.83. The fraction of sp³-hybridized carbons (Fsp3) is 0.333. The minimum Gasteiger partial charge on any atom is -0.369 e. The highest BCUT2D eigenvalue weighted by atomic mass is 19.1. The van der Waals surface area contributed by atoms with Crippen molar-refractivity contribution in [2.75, 3.05) is 12.3 Å². The Labute approximate surface area is 108 Å². The molecule has 102 valence electrons. The van der Waals surface area contributed by atoms with E-state index in [9.17, 15) is 13.6 Å². The summed E-state index contributed by atoms with van der Waals surface area (Å²) in [5, 5.41) is 2.66. The molecule has 0 aliphatic heterocycles. The van der Waals surface area contributed by atoms with Gasteiger partial charge in [-0.1, -0.05) is 6.92 Å². The average Bonchev–Trinajstić information content (AvgIpc) is 2.65. The van der Waals surface area contributed by atoms with Crippen LogP contribution in [0.5, 0.6) is 0 Å². The van der Waals surface area contributed by atoms with Crippen molar-refractivity contribution in [1.82, 2.24) is 14.9 Å². The molecule has 3 N–H and O–H groups in total. The topological polar surface area (TPSA) is 72.9 Å². The van der Waals surface area contributed by atoms with Gasteiger partial charge in [0.15, 0.2) is 5.82 Å². The Bertz CT molecular complexity index is 624. The van der Waals surface area contributed by atoms with E-state index in [1.165, 1.54) is 4.57 Å². The number of carbonyl (C=O) groups excluding carboxylic acids is 1. The largest absolute Gasteiger partial charge is 0.369 e. The molecule has 0 fully saturated rings. The van der Waals surface area contributed by atoms with E-state index in [2.05, 4.69) is 10.3 Å². The van der Waals surface area contributed by atoms with Crippen molar-refractivity contribution in [3.63, 3.8) is 0 Å². The molecule has 0 spiro atoms. The third-order valence-electron chi connectivity index (χ3n) is 2.68. The van der Waals surface area contributed by atoms with Gasteiger partial charge in [0.2, 0.25) is 11.9 Å². The van der Waals surface area contributed by atoms with Crippen molar-refractivity contribution in [1.29, 1.82) is 0 Å². The maximum Gasteiger partial charge on any atom is 0.240 e. The smallest absolute Gasteiger partial charge is 0.240 e. The Morgan fingerprint density at radius 3 is 2.89 bits per heavy atom. The maximum atomic E-state index is 13.5. The van der Waals surface area contributed by atoms with E-state index < -0.39 is 11.6 Å². The summed E-state index contributed by atoms with van der Waals surface area (Å²) in [5.41, 5.74) is 5.76. The standard InChI is InChI=1S/C12H14F2N4O/c1-2-3-16-10(19)6-18-9-5-7(13)4-8(14)11(9)17-12(18)15/h4-5H,2-3,6H2,1H3,(H2,15,17)(H,16,19). The molecule has 7 heteroatoms. The Hall–Kier alpha value is -2.18. The molecule has 1 amide bonds. The highest BCUT2D eigenvalue weighted by Gasteiger charge is 2.15. The first-order chi connectivity index (χ1) is 9.02. The molecule has 5 nitrogen and oxygen atoms in total. The van der Waals surface area contributed by atoms with Gasteiger partial charge in [-0.3, -0.25) is 4.79 Å². The first-order valence-corrected chi connectivity index (χ1v) is 5.90. The summed E-state index contributed by atoms with van der Waals surface area (Å²) in [4.78, 5) is 15.4. The molecular weight excluding hydrogens is 254 g/mol.